The lowest BCUT2D eigenvalue weighted by Gasteiger charge is -2.11. The highest BCUT2D eigenvalue weighted by Crippen LogP contribution is 2.35. The number of ether oxygens (including phenoxy) is 1. The van der Waals surface area contributed by atoms with Gasteiger partial charge in [-0.25, -0.2) is 4.39 Å². The van der Waals surface area contributed by atoms with E-state index in [9.17, 15) is 9.18 Å². The zero-order valence-corrected chi connectivity index (χ0v) is 13.7. The molecule has 2 aromatic rings. The van der Waals surface area contributed by atoms with Crippen LogP contribution in [0.2, 0.25) is 0 Å². The molecule has 6 heteroatoms. The molecule has 0 bridgehead atoms. The minimum absolute atomic E-state index is 0.0227. The summed E-state index contributed by atoms with van der Waals surface area (Å²) in [7, 11) is 0. The second-order valence-electron chi connectivity index (χ2n) is 4.11. The van der Waals surface area contributed by atoms with Crippen molar-refractivity contribution < 1.29 is 13.9 Å². The Morgan fingerprint density at radius 1 is 1.29 bits per heavy atom. The summed E-state index contributed by atoms with van der Waals surface area (Å²) >= 11 is 6.60. The van der Waals surface area contributed by atoms with Gasteiger partial charge in [0.25, 0.3) is 0 Å². The average Bonchev–Trinajstić information content (AvgIpc) is 2.47. The van der Waals surface area contributed by atoms with Crippen molar-refractivity contribution in [3.05, 3.63) is 61.8 Å². The van der Waals surface area contributed by atoms with Crippen LogP contribution in [0, 0.1) is 17.1 Å². The van der Waals surface area contributed by atoms with Crippen LogP contribution in [0.5, 0.6) is 5.75 Å². The molecule has 0 aliphatic heterocycles. The monoisotopic (exact) mass is 411 g/mol. The fourth-order valence-electron chi connectivity index (χ4n) is 1.71. The first-order chi connectivity index (χ1) is 10.1. The van der Waals surface area contributed by atoms with Crippen molar-refractivity contribution in [2.75, 3.05) is 0 Å². The molecule has 0 spiro atoms. The van der Waals surface area contributed by atoms with Crippen LogP contribution in [0.15, 0.2) is 39.3 Å². The van der Waals surface area contributed by atoms with Crippen molar-refractivity contribution in [2.45, 2.75) is 6.61 Å². The van der Waals surface area contributed by atoms with Gasteiger partial charge < -0.3 is 4.74 Å². The van der Waals surface area contributed by atoms with Gasteiger partial charge >= 0.3 is 0 Å². The third kappa shape index (κ3) is 3.49. The fourth-order valence-corrected chi connectivity index (χ4v) is 3.16. The number of hydrogen-bond acceptors (Lipinski definition) is 3. The minimum atomic E-state index is -0.586. The molecule has 0 saturated carbocycles. The summed E-state index contributed by atoms with van der Waals surface area (Å²) in [6, 6.07) is 9.55. The quantitative estimate of drug-likeness (QED) is 0.688. The molecule has 0 heterocycles. The molecule has 0 saturated heterocycles. The fraction of sp³-hybridized carbons (Fsp3) is 0.0667. The van der Waals surface area contributed by atoms with E-state index < -0.39 is 5.82 Å². The van der Waals surface area contributed by atoms with Crippen LogP contribution in [0.4, 0.5) is 4.39 Å². The van der Waals surface area contributed by atoms with Gasteiger partial charge in [-0.2, -0.15) is 5.26 Å². The highest BCUT2D eigenvalue weighted by molar-refractivity contribution is 9.11. The molecule has 106 valence electrons. The highest BCUT2D eigenvalue weighted by atomic mass is 79.9. The lowest BCUT2D eigenvalue weighted by atomic mass is 10.1. The van der Waals surface area contributed by atoms with Gasteiger partial charge in [0.1, 0.15) is 30.5 Å². The molecule has 0 radical (unpaired) electrons. The predicted molar refractivity (Wildman–Crippen MR) is 82.7 cm³/mol. The van der Waals surface area contributed by atoms with Gasteiger partial charge in [-0.15, -0.1) is 0 Å². The van der Waals surface area contributed by atoms with Crippen LogP contribution < -0.4 is 4.74 Å². The zero-order valence-electron chi connectivity index (χ0n) is 10.6. The Morgan fingerprint density at radius 2 is 1.95 bits per heavy atom. The number of carbonyl (C=O) groups is 1. The molecule has 3 nitrogen and oxygen atoms in total. The van der Waals surface area contributed by atoms with Crippen molar-refractivity contribution in [1.82, 2.24) is 0 Å². The number of hydrogen-bond donors (Lipinski definition) is 0. The van der Waals surface area contributed by atoms with Gasteiger partial charge in [-0.1, -0.05) is 12.1 Å². The maximum atomic E-state index is 13.9. The number of benzene rings is 2. The van der Waals surface area contributed by atoms with Crippen molar-refractivity contribution in [3.63, 3.8) is 0 Å². The maximum absolute atomic E-state index is 13.9. The first-order valence-corrected chi connectivity index (χ1v) is 7.40. The Morgan fingerprint density at radius 3 is 2.52 bits per heavy atom. The summed E-state index contributed by atoms with van der Waals surface area (Å²) in [5.41, 5.74) is 0.747. The Hall–Kier alpha value is -1.71. The largest absolute Gasteiger partial charge is 0.486 e. The first kappa shape index (κ1) is 15.7. The molecule has 0 aliphatic rings. The molecular formula is C15H8Br2FNO2. The molecule has 0 atom stereocenters. The van der Waals surface area contributed by atoms with Crippen LogP contribution in [0.1, 0.15) is 21.5 Å². The van der Waals surface area contributed by atoms with E-state index >= 15 is 0 Å². The van der Waals surface area contributed by atoms with E-state index in [1.165, 1.54) is 6.07 Å². The van der Waals surface area contributed by atoms with Crippen LogP contribution in [0.25, 0.3) is 0 Å². The lowest BCUT2D eigenvalue weighted by Crippen LogP contribution is -2.01. The van der Waals surface area contributed by atoms with Gasteiger partial charge in [-0.05, 0) is 50.1 Å². The van der Waals surface area contributed by atoms with Gasteiger partial charge in [0, 0.05) is 11.1 Å². The number of halogens is 3. The summed E-state index contributed by atoms with van der Waals surface area (Å²) in [4.78, 5) is 10.8. The molecule has 21 heavy (non-hydrogen) atoms. The topological polar surface area (TPSA) is 50.1 Å². The van der Waals surface area contributed by atoms with E-state index in [-0.39, 0.29) is 17.7 Å². The van der Waals surface area contributed by atoms with Crippen molar-refractivity contribution in [1.29, 1.82) is 5.26 Å². The van der Waals surface area contributed by atoms with Gasteiger partial charge in [0.15, 0.2) is 0 Å². The zero-order chi connectivity index (χ0) is 15.4. The van der Waals surface area contributed by atoms with Crippen molar-refractivity contribution >= 4 is 38.1 Å². The molecule has 0 aliphatic carbocycles. The standard InChI is InChI=1S/C15H8Br2FNO2/c16-12-4-9(7-20)5-13(17)15(12)21-8-11-3-1-2-10(6-19)14(11)18/h1-5,7H,8H2. The second kappa shape index (κ2) is 6.83. The SMILES string of the molecule is N#Cc1cccc(COc2c(Br)cc(C=O)cc2Br)c1F. The van der Waals surface area contributed by atoms with Crippen LogP contribution in [0.3, 0.4) is 0 Å². The molecular weight excluding hydrogens is 405 g/mol. The Kier molecular flexibility index (Phi) is 5.10. The normalized spacial score (nSPS) is 10.0. The summed E-state index contributed by atoms with van der Waals surface area (Å²) in [5, 5.41) is 8.80. The third-order valence-corrected chi connectivity index (χ3v) is 3.91. The molecule has 0 N–H and O–H groups in total. The third-order valence-electron chi connectivity index (χ3n) is 2.73. The number of nitrogens with zero attached hydrogens (tertiary/aromatic N) is 1. The predicted octanol–water partition coefficient (Wildman–Crippen LogP) is 4.61. The van der Waals surface area contributed by atoms with Gasteiger partial charge in [0.2, 0.25) is 0 Å². The average molecular weight is 413 g/mol. The number of rotatable bonds is 4. The Balaban J connectivity index is 2.25. The van der Waals surface area contributed by atoms with Gasteiger partial charge in [0.05, 0.1) is 14.5 Å². The Bertz CT molecular complexity index is 718. The second-order valence-corrected chi connectivity index (χ2v) is 5.82. The Labute approximate surface area is 137 Å². The number of aldehydes is 1. The van der Waals surface area contributed by atoms with Crippen LogP contribution in [-0.4, -0.2) is 6.29 Å². The van der Waals surface area contributed by atoms with E-state index in [0.717, 1.165) is 6.29 Å². The summed E-state index contributed by atoms with van der Waals surface area (Å²) in [5.74, 6) is -0.126. The van der Waals surface area contributed by atoms with E-state index in [0.29, 0.717) is 20.3 Å². The van der Waals surface area contributed by atoms with E-state index in [1.807, 2.05) is 0 Å². The van der Waals surface area contributed by atoms with E-state index in [4.69, 9.17) is 10.00 Å². The van der Waals surface area contributed by atoms with Gasteiger partial charge in [-0.3, -0.25) is 4.79 Å². The summed E-state index contributed by atoms with van der Waals surface area (Å²) in [6.07, 6.45) is 0.718. The highest BCUT2D eigenvalue weighted by Gasteiger charge is 2.12. The van der Waals surface area contributed by atoms with Crippen LogP contribution >= 0.6 is 31.9 Å². The summed E-state index contributed by atoms with van der Waals surface area (Å²) in [6.45, 7) is -0.0288. The first-order valence-electron chi connectivity index (χ1n) is 5.81. The molecule has 0 unspecified atom stereocenters. The smallest absolute Gasteiger partial charge is 0.150 e. The lowest BCUT2D eigenvalue weighted by molar-refractivity contribution is 0.112. The van der Waals surface area contributed by atoms with Crippen molar-refractivity contribution in [2.24, 2.45) is 0 Å². The molecule has 0 amide bonds. The van der Waals surface area contributed by atoms with Crippen molar-refractivity contribution in [3.8, 4) is 11.8 Å². The van der Waals surface area contributed by atoms with E-state index in [1.54, 1.807) is 30.3 Å². The molecule has 2 aromatic carbocycles. The number of carbonyl (C=O) groups excluding carboxylic acids is 1. The van der Waals surface area contributed by atoms with E-state index in [2.05, 4.69) is 31.9 Å². The molecule has 0 aromatic heterocycles. The number of nitriles is 1. The summed E-state index contributed by atoms with van der Waals surface area (Å²) < 4.78 is 20.7. The van der Waals surface area contributed by atoms with Crippen LogP contribution in [-0.2, 0) is 6.61 Å². The minimum Gasteiger partial charge on any atom is -0.486 e. The molecule has 0 fully saturated rings. The molecule has 2 rings (SSSR count). The maximum Gasteiger partial charge on any atom is 0.150 e.